The standard InChI is InChI=1S/C12H19N3O/c1-14-8-5-11(10-14)9-13-12(16)15-6-3-2-4-7-15/h5,8,10H,2-4,6-7,9H2,1H3,(H,13,16). The molecule has 0 aliphatic carbocycles. The average Bonchev–Trinajstić information content (AvgIpc) is 2.73. The molecule has 1 fully saturated rings. The minimum absolute atomic E-state index is 0.0727. The maximum absolute atomic E-state index is 11.8. The fourth-order valence-corrected chi connectivity index (χ4v) is 2.05. The number of aromatic nitrogens is 1. The van der Waals surface area contributed by atoms with Gasteiger partial charge in [-0.3, -0.25) is 0 Å². The molecular weight excluding hydrogens is 202 g/mol. The first kappa shape index (κ1) is 11.0. The summed E-state index contributed by atoms with van der Waals surface area (Å²) in [5, 5.41) is 2.96. The highest BCUT2D eigenvalue weighted by Crippen LogP contribution is 2.08. The summed E-state index contributed by atoms with van der Waals surface area (Å²) < 4.78 is 1.99. The van der Waals surface area contributed by atoms with E-state index in [4.69, 9.17) is 0 Å². The van der Waals surface area contributed by atoms with Crippen molar-refractivity contribution in [3.63, 3.8) is 0 Å². The number of urea groups is 1. The van der Waals surface area contributed by atoms with E-state index in [1.807, 2.05) is 35.0 Å². The van der Waals surface area contributed by atoms with E-state index in [0.717, 1.165) is 31.5 Å². The molecule has 4 nitrogen and oxygen atoms in total. The smallest absolute Gasteiger partial charge is 0.317 e. The Balaban J connectivity index is 1.78. The van der Waals surface area contributed by atoms with Crippen LogP contribution in [0.3, 0.4) is 0 Å². The highest BCUT2D eigenvalue weighted by molar-refractivity contribution is 5.74. The van der Waals surface area contributed by atoms with Crippen molar-refractivity contribution in [1.29, 1.82) is 0 Å². The van der Waals surface area contributed by atoms with Crippen LogP contribution in [0.2, 0.25) is 0 Å². The maximum atomic E-state index is 11.8. The topological polar surface area (TPSA) is 37.3 Å². The predicted octanol–water partition coefficient (Wildman–Crippen LogP) is 1.72. The van der Waals surface area contributed by atoms with Gasteiger partial charge in [0.15, 0.2) is 0 Å². The van der Waals surface area contributed by atoms with Crippen LogP contribution in [0, 0.1) is 0 Å². The molecule has 1 aliphatic heterocycles. The number of hydrogen-bond acceptors (Lipinski definition) is 1. The van der Waals surface area contributed by atoms with Gasteiger partial charge >= 0.3 is 6.03 Å². The highest BCUT2D eigenvalue weighted by atomic mass is 16.2. The van der Waals surface area contributed by atoms with Crippen molar-refractivity contribution >= 4 is 6.03 Å². The van der Waals surface area contributed by atoms with Gasteiger partial charge in [0.2, 0.25) is 0 Å². The summed E-state index contributed by atoms with van der Waals surface area (Å²) in [6, 6.07) is 2.10. The quantitative estimate of drug-likeness (QED) is 0.811. The fraction of sp³-hybridized carbons (Fsp3) is 0.583. The Hall–Kier alpha value is -1.45. The third-order valence-corrected chi connectivity index (χ3v) is 2.98. The molecular formula is C12H19N3O. The Morgan fingerprint density at radius 3 is 2.75 bits per heavy atom. The molecule has 1 aromatic rings. The third-order valence-electron chi connectivity index (χ3n) is 2.98. The van der Waals surface area contributed by atoms with Crippen LogP contribution < -0.4 is 5.32 Å². The molecule has 2 rings (SSSR count). The second-order valence-electron chi connectivity index (χ2n) is 4.39. The van der Waals surface area contributed by atoms with Gasteiger partial charge in [-0.1, -0.05) is 0 Å². The minimum atomic E-state index is 0.0727. The summed E-state index contributed by atoms with van der Waals surface area (Å²) in [6.45, 7) is 2.43. The molecule has 0 aromatic carbocycles. The predicted molar refractivity (Wildman–Crippen MR) is 63.1 cm³/mol. The van der Waals surface area contributed by atoms with Crippen molar-refractivity contribution in [3.8, 4) is 0 Å². The van der Waals surface area contributed by atoms with Crippen molar-refractivity contribution in [2.45, 2.75) is 25.8 Å². The number of nitrogens with one attached hydrogen (secondary N) is 1. The van der Waals surface area contributed by atoms with Gasteiger partial charge < -0.3 is 14.8 Å². The van der Waals surface area contributed by atoms with Gasteiger partial charge in [-0.25, -0.2) is 4.79 Å². The van der Waals surface area contributed by atoms with E-state index in [0.29, 0.717) is 6.54 Å². The monoisotopic (exact) mass is 221 g/mol. The molecule has 0 unspecified atom stereocenters. The molecule has 1 aliphatic rings. The van der Waals surface area contributed by atoms with E-state index in [1.165, 1.54) is 6.42 Å². The molecule has 2 heterocycles. The summed E-state index contributed by atoms with van der Waals surface area (Å²) in [5.41, 5.74) is 1.15. The molecule has 1 N–H and O–H groups in total. The van der Waals surface area contributed by atoms with E-state index in [9.17, 15) is 4.79 Å². The van der Waals surface area contributed by atoms with Gasteiger partial charge in [0.05, 0.1) is 0 Å². The zero-order valence-corrected chi connectivity index (χ0v) is 9.78. The molecule has 0 saturated carbocycles. The molecule has 0 atom stereocenters. The maximum Gasteiger partial charge on any atom is 0.317 e. The molecule has 0 bridgehead atoms. The number of aryl methyl sites for hydroxylation is 1. The lowest BCUT2D eigenvalue weighted by atomic mass is 10.1. The number of carbonyl (C=O) groups is 1. The number of hydrogen-bond donors (Lipinski definition) is 1. The van der Waals surface area contributed by atoms with Crippen molar-refractivity contribution in [3.05, 3.63) is 24.0 Å². The SMILES string of the molecule is Cn1ccc(CNC(=O)N2CCCCC2)c1. The summed E-state index contributed by atoms with van der Waals surface area (Å²) >= 11 is 0. The summed E-state index contributed by atoms with van der Waals surface area (Å²) in [7, 11) is 1.98. The zero-order valence-electron chi connectivity index (χ0n) is 9.78. The van der Waals surface area contributed by atoms with E-state index < -0.39 is 0 Å². The Morgan fingerprint density at radius 2 is 2.12 bits per heavy atom. The third kappa shape index (κ3) is 2.78. The average molecular weight is 221 g/mol. The van der Waals surface area contributed by atoms with E-state index in [-0.39, 0.29) is 6.03 Å². The number of carbonyl (C=O) groups excluding carboxylic acids is 1. The molecule has 88 valence electrons. The van der Waals surface area contributed by atoms with E-state index in [1.54, 1.807) is 0 Å². The molecule has 1 saturated heterocycles. The Bertz CT molecular complexity index is 353. The lowest BCUT2D eigenvalue weighted by Crippen LogP contribution is -2.42. The molecule has 4 heteroatoms. The first-order valence-electron chi connectivity index (χ1n) is 5.89. The van der Waals surface area contributed by atoms with Crippen LogP contribution in [0.4, 0.5) is 4.79 Å². The van der Waals surface area contributed by atoms with Gasteiger partial charge in [-0.05, 0) is 30.9 Å². The number of likely N-dealkylation sites (tertiary alicyclic amines) is 1. The van der Waals surface area contributed by atoms with E-state index in [2.05, 4.69) is 5.32 Å². The summed E-state index contributed by atoms with van der Waals surface area (Å²) in [4.78, 5) is 13.7. The van der Waals surface area contributed by atoms with Crippen LogP contribution in [0.1, 0.15) is 24.8 Å². The second kappa shape index (κ2) is 5.05. The Labute approximate surface area is 96.2 Å². The molecule has 2 amide bonds. The number of piperidine rings is 1. The number of nitrogens with zero attached hydrogens (tertiary/aromatic N) is 2. The van der Waals surface area contributed by atoms with Crippen LogP contribution in [-0.4, -0.2) is 28.6 Å². The van der Waals surface area contributed by atoms with Crippen molar-refractivity contribution in [2.75, 3.05) is 13.1 Å². The van der Waals surface area contributed by atoms with Crippen LogP contribution in [0.15, 0.2) is 18.5 Å². The van der Waals surface area contributed by atoms with Crippen molar-refractivity contribution in [2.24, 2.45) is 7.05 Å². The minimum Gasteiger partial charge on any atom is -0.357 e. The van der Waals surface area contributed by atoms with Crippen LogP contribution in [0.25, 0.3) is 0 Å². The van der Waals surface area contributed by atoms with Gasteiger partial charge in [-0.15, -0.1) is 0 Å². The summed E-state index contributed by atoms with van der Waals surface area (Å²) in [5.74, 6) is 0. The summed E-state index contributed by atoms with van der Waals surface area (Å²) in [6.07, 6.45) is 7.54. The van der Waals surface area contributed by atoms with E-state index >= 15 is 0 Å². The van der Waals surface area contributed by atoms with Gasteiger partial charge in [0.25, 0.3) is 0 Å². The van der Waals surface area contributed by atoms with Crippen molar-refractivity contribution < 1.29 is 4.79 Å². The number of rotatable bonds is 2. The molecule has 0 radical (unpaired) electrons. The first-order chi connectivity index (χ1) is 7.75. The van der Waals surface area contributed by atoms with Crippen LogP contribution >= 0.6 is 0 Å². The van der Waals surface area contributed by atoms with Crippen molar-refractivity contribution in [1.82, 2.24) is 14.8 Å². The molecule has 0 spiro atoms. The normalized spacial score (nSPS) is 16.2. The van der Waals surface area contributed by atoms with Gasteiger partial charge in [-0.2, -0.15) is 0 Å². The largest absolute Gasteiger partial charge is 0.357 e. The Morgan fingerprint density at radius 1 is 1.38 bits per heavy atom. The molecule has 16 heavy (non-hydrogen) atoms. The lowest BCUT2D eigenvalue weighted by Gasteiger charge is -2.26. The van der Waals surface area contributed by atoms with Gasteiger partial charge in [0.1, 0.15) is 0 Å². The Kier molecular flexibility index (Phi) is 3.49. The zero-order chi connectivity index (χ0) is 11.4. The number of amides is 2. The second-order valence-corrected chi connectivity index (χ2v) is 4.39. The van der Waals surface area contributed by atoms with Crippen LogP contribution in [-0.2, 0) is 13.6 Å². The lowest BCUT2D eigenvalue weighted by molar-refractivity contribution is 0.186. The van der Waals surface area contributed by atoms with Gasteiger partial charge in [0, 0.05) is 39.1 Å². The fourth-order valence-electron chi connectivity index (χ4n) is 2.05. The van der Waals surface area contributed by atoms with Crippen LogP contribution in [0.5, 0.6) is 0 Å². The first-order valence-corrected chi connectivity index (χ1v) is 5.89. The molecule has 1 aromatic heterocycles. The highest BCUT2D eigenvalue weighted by Gasteiger charge is 2.15.